The number of hydrogen-bond donors (Lipinski definition) is 2. The van der Waals surface area contributed by atoms with Crippen LogP contribution in [0.3, 0.4) is 0 Å². The van der Waals surface area contributed by atoms with Gasteiger partial charge in [-0.05, 0) is 18.2 Å². The second-order valence-electron chi connectivity index (χ2n) is 2.74. The highest BCUT2D eigenvalue weighted by atomic mass is 35.5. The average molecular weight is 214 g/mol. The Kier molecular flexibility index (Phi) is 2.15. The van der Waals surface area contributed by atoms with Gasteiger partial charge in [-0.1, -0.05) is 11.6 Å². The molecule has 1 aromatic carbocycles. The number of aliphatic hydroxyl groups is 1. The second kappa shape index (κ2) is 3.18. The lowest BCUT2D eigenvalue weighted by Crippen LogP contribution is -1.87. The number of benzene rings is 1. The van der Waals surface area contributed by atoms with Crippen molar-refractivity contribution in [3.63, 3.8) is 0 Å². The van der Waals surface area contributed by atoms with E-state index in [-0.39, 0.29) is 6.61 Å². The van der Waals surface area contributed by atoms with E-state index in [0.717, 1.165) is 15.0 Å². The van der Waals surface area contributed by atoms with E-state index >= 15 is 0 Å². The number of rotatable bonds is 1. The van der Waals surface area contributed by atoms with Crippen molar-refractivity contribution in [1.29, 1.82) is 0 Å². The lowest BCUT2D eigenvalue weighted by atomic mass is 10.2. The van der Waals surface area contributed by atoms with Gasteiger partial charge < -0.3 is 10.8 Å². The predicted octanol–water partition coefficient (Wildman–Crippen LogP) is 2.63. The van der Waals surface area contributed by atoms with Crippen LogP contribution in [-0.4, -0.2) is 5.11 Å². The maximum atomic E-state index is 8.99. The van der Waals surface area contributed by atoms with E-state index in [1.807, 2.05) is 18.2 Å². The first-order chi connectivity index (χ1) is 6.22. The number of aliphatic hydroxyl groups excluding tert-OH is 1. The summed E-state index contributed by atoms with van der Waals surface area (Å²) in [5.41, 5.74) is 6.45. The van der Waals surface area contributed by atoms with Gasteiger partial charge in [-0.25, -0.2) is 0 Å². The molecule has 0 atom stereocenters. The molecule has 2 aromatic rings. The van der Waals surface area contributed by atoms with Crippen molar-refractivity contribution in [2.45, 2.75) is 6.61 Å². The molecule has 0 saturated carbocycles. The van der Waals surface area contributed by atoms with Crippen molar-refractivity contribution in [3.05, 3.63) is 28.1 Å². The highest BCUT2D eigenvalue weighted by Gasteiger charge is 2.07. The van der Waals surface area contributed by atoms with Gasteiger partial charge in [0, 0.05) is 15.1 Å². The van der Waals surface area contributed by atoms with Crippen LogP contribution in [0.2, 0.25) is 5.02 Å². The molecule has 68 valence electrons. The molecule has 1 aromatic heterocycles. The van der Waals surface area contributed by atoms with Crippen LogP contribution < -0.4 is 5.73 Å². The molecule has 13 heavy (non-hydrogen) atoms. The molecule has 4 heteroatoms. The van der Waals surface area contributed by atoms with Gasteiger partial charge in [0.15, 0.2) is 0 Å². The van der Waals surface area contributed by atoms with Crippen molar-refractivity contribution in [1.82, 2.24) is 0 Å². The number of halogens is 1. The Labute approximate surface area is 84.6 Å². The van der Waals surface area contributed by atoms with E-state index in [9.17, 15) is 0 Å². The van der Waals surface area contributed by atoms with E-state index in [0.29, 0.717) is 10.7 Å². The number of nitrogen functional groups attached to an aromatic ring is 1. The van der Waals surface area contributed by atoms with Gasteiger partial charge in [-0.3, -0.25) is 0 Å². The largest absolute Gasteiger partial charge is 0.397 e. The molecule has 1 heterocycles. The van der Waals surface area contributed by atoms with Crippen LogP contribution in [-0.2, 0) is 6.61 Å². The zero-order valence-corrected chi connectivity index (χ0v) is 8.32. The summed E-state index contributed by atoms with van der Waals surface area (Å²) in [6.45, 7) is -0.0111. The summed E-state index contributed by atoms with van der Waals surface area (Å²) in [5.74, 6) is 0. The fourth-order valence-corrected chi connectivity index (χ4v) is 2.39. The van der Waals surface area contributed by atoms with E-state index < -0.39 is 0 Å². The average Bonchev–Trinajstić information content (AvgIpc) is 2.44. The highest BCUT2D eigenvalue weighted by molar-refractivity contribution is 7.19. The van der Waals surface area contributed by atoms with E-state index in [4.69, 9.17) is 22.4 Å². The summed E-state index contributed by atoms with van der Waals surface area (Å²) in [6.07, 6.45) is 0. The fourth-order valence-electron chi connectivity index (χ4n) is 1.26. The van der Waals surface area contributed by atoms with Crippen LogP contribution in [0, 0.1) is 0 Å². The van der Waals surface area contributed by atoms with Gasteiger partial charge in [-0.15, -0.1) is 11.3 Å². The fraction of sp³-hybridized carbons (Fsp3) is 0.111. The maximum absolute atomic E-state index is 8.99. The third kappa shape index (κ3) is 1.39. The second-order valence-corrected chi connectivity index (χ2v) is 4.31. The molecule has 0 amide bonds. The molecule has 3 N–H and O–H groups in total. The van der Waals surface area contributed by atoms with Crippen LogP contribution in [0.5, 0.6) is 0 Å². The van der Waals surface area contributed by atoms with Crippen LogP contribution in [0.4, 0.5) is 5.69 Å². The highest BCUT2D eigenvalue weighted by Crippen LogP contribution is 2.34. The molecule has 0 fully saturated rings. The molecule has 0 aliphatic carbocycles. The minimum Gasteiger partial charge on any atom is -0.397 e. The third-order valence-electron chi connectivity index (χ3n) is 1.91. The first-order valence-corrected chi connectivity index (χ1v) is 4.99. The zero-order chi connectivity index (χ0) is 9.42. The van der Waals surface area contributed by atoms with Gasteiger partial charge >= 0.3 is 0 Å². The topological polar surface area (TPSA) is 46.2 Å². The van der Waals surface area contributed by atoms with Gasteiger partial charge in [0.05, 0.1) is 17.2 Å². The molecule has 0 bridgehead atoms. The van der Waals surface area contributed by atoms with Crippen LogP contribution in [0.25, 0.3) is 10.1 Å². The lowest BCUT2D eigenvalue weighted by Gasteiger charge is -1.93. The Bertz CT molecular complexity index is 452. The molecule has 0 saturated heterocycles. The van der Waals surface area contributed by atoms with E-state index in [1.165, 1.54) is 11.3 Å². The predicted molar refractivity (Wildman–Crippen MR) is 57.2 cm³/mol. The van der Waals surface area contributed by atoms with Crippen molar-refractivity contribution < 1.29 is 5.11 Å². The molecule has 2 nitrogen and oxygen atoms in total. The minimum absolute atomic E-state index is 0.0111. The normalized spacial score (nSPS) is 10.9. The molecular weight excluding hydrogens is 206 g/mol. The van der Waals surface area contributed by atoms with Crippen molar-refractivity contribution in [3.8, 4) is 0 Å². The first-order valence-electron chi connectivity index (χ1n) is 3.79. The summed E-state index contributed by atoms with van der Waals surface area (Å²) in [5, 5.41) is 10.6. The molecule has 0 aliphatic rings. The van der Waals surface area contributed by atoms with Crippen molar-refractivity contribution in [2.75, 3.05) is 5.73 Å². The Morgan fingerprint density at radius 1 is 1.46 bits per heavy atom. The van der Waals surface area contributed by atoms with Crippen LogP contribution in [0.1, 0.15) is 4.88 Å². The number of nitrogens with two attached hydrogens (primary N) is 1. The van der Waals surface area contributed by atoms with Crippen LogP contribution >= 0.6 is 22.9 Å². The molecule has 0 unspecified atom stereocenters. The Hall–Kier alpha value is -0.770. The summed E-state index contributed by atoms with van der Waals surface area (Å²) >= 11 is 7.33. The molecule has 2 rings (SSSR count). The summed E-state index contributed by atoms with van der Waals surface area (Å²) < 4.78 is 1.06. The number of fused-ring (bicyclic) bond motifs is 1. The first kappa shape index (κ1) is 8.81. The monoisotopic (exact) mass is 213 g/mol. The quantitative estimate of drug-likeness (QED) is 0.765. The third-order valence-corrected chi connectivity index (χ3v) is 3.32. The standard InChI is InChI=1S/C9H8ClNOS/c10-5-1-2-7-6(3-5)9(11)8(4-12)13-7/h1-3,12H,4,11H2. The number of thiophene rings is 1. The van der Waals surface area contributed by atoms with Gasteiger partial charge in [-0.2, -0.15) is 0 Å². The number of anilines is 1. The summed E-state index contributed by atoms with van der Waals surface area (Å²) in [4.78, 5) is 0.803. The van der Waals surface area contributed by atoms with Crippen molar-refractivity contribution >= 4 is 38.7 Å². The minimum atomic E-state index is -0.0111. The van der Waals surface area contributed by atoms with Gasteiger partial charge in [0.2, 0.25) is 0 Å². The van der Waals surface area contributed by atoms with Gasteiger partial charge in [0.1, 0.15) is 0 Å². The lowest BCUT2D eigenvalue weighted by molar-refractivity contribution is 0.286. The molecule has 0 radical (unpaired) electrons. The molecule has 0 spiro atoms. The van der Waals surface area contributed by atoms with E-state index in [2.05, 4.69) is 0 Å². The van der Waals surface area contributed by atoms with Crippen LogP contribution in [0.15, 0.2) is 18.2 Å². The maximum Gasteiger partial charge on any atom is 0.0795 e. The molecule has 0 aliphatic heterocycles. The molecular formula is C9H8ClNOS. The SMILES string of the molecule is Nc1c(CO)sc2ccc(Cl)cc12. The Morgan fingerprint density at radius 3 is 2.92 bits per heavy atom. The van der Waals surface area contributed by atoms with E-state index in [1.54, 1.807) is 0 Å². The van der Waals surface area contributed by atoms with Gasteiger partial charge in [0.25, 0.3) is 0 Å². The Balaban J connectivity index is 2.77. The number of hydrogen-bond acceptors (Lipinski definition) is 3. The summed E-state index contributed by atoms with van der Waals surface area (Å²) in [7, 11) is 0. The Morgan fingerprint density at radius 2 is 2.23 bits per heavy atom. The smallest absolute Gasteiger partial charge is 0.0795 e. The summed E-state index contributed by atoms with van der Waals surface area (Å²) in [6, 6.07) is 5.56. The van der Waals surface area contributed by atoms with Crippen molar-refractivity contribution in [2.24, 2.45) is 0 Å². The zero-order valence-electron chi connectivity index (χ0n) is 6.75.